The maximum Gasteiger partial charge on any atom is 0.157 e. The molecule has 0 aliphatic carbocycles. The number of hydrogen-bond donors (Lipinski definition) is 1. The zero-order valence-corrected chi connectivity index (χ0v) is 13.1. The van der Waals surface area contributed by atoms with Gasteiger partial charge in [0.2, 0.25) is 0 Å². The average molecular weight is 301 g/mol. The van der Waals surface area contributed by atoms with Crippen LogP contribution in [0.25, 0.3) is 0 Å². The molecule has 2 heterocycles. The predicted octanol–water partition coefficient (Wildman–Crippen LogP) is 4.73. The van der Waals surface area contributed by atoms with Crippen LogP contribution in [-0.4, -0.2) is 22.4 Å². The molecule has 1 aromatic rings. The lowest BCUT2D eigenvalue weighted by Gasteiger charge is -2.34. The lowest BCUT2D eigenvalue weighted by Crippen LogP contribution is -2.37. The summed E-state index contributed by atoms with van der Waals surface area (Å²) in [6.07, 6.45) is 4.75. The van der Waals surface area contributed by atoms with Crippen LogP contribution < -0.4 is 0 Å². The van der Waals surface area contributed by atoms with E-state index < -0.39 is 6.23 Å². The highest BCUT2D eigenvalue weighted by atomic mass is 35.5. The molecule has 1 unspecified atom stereocenters. The Morgan fingerprint density at radius 3 is 2.79 bits per heavy atom. The van der Waals surface area contributed by atoms with Crippen LogP contribution in [0.3, 0.4) is 0 Å². The maximum absolute atomic E-state index is 10.5. The molecule has 1 N–H and O–H groups in total. The summed E-state index contributed by atoms with van der Waals surface area (Å²) in [5.74, 6) is 1.01. The van der Waals surface area contributed by atoms with E-state index in [1.54, 1.807) is 0 Å². The standard InChI is InChI=1S/C14H21ClN2OS/c1-3-5-7-12-16-13-10(9-11(15)19-13)14(18)17(12)8-6-4-2/h9,14,18H,3-8H2,1-2H3. The minimum Gasteiger partial charge on any atom is -0.369 e. The Bertz CT molecular complexity index is 458. The second-order valence-corrected chi connectivity index (χ2v) is 6.53. The van der Waals surface area contributed by atoms with E-state index in [9.17, 15) is 5.11 Å². The Morgan fingerprint density at radius 1 is 1.37 bits per heavy atom. The van der Waals surface area contributed by atoms with Gasteiger partial charge in [0.25, 0.3) is 0 Å². The molecular weight excluding hydrogens is 280 g/mol. The number of aliphatic imine (C=N–C) groups is 1. The first-order valence-electron chi connectivity index (χ1n) is 6.98. The summed E-state index contributed by atoms with van der Waals surface area (Å²) in [6.45, 7) is 5.18. The quantitative estimate of drug-likeness (QED) is 0.824. The van der Waals surface area contributed by atoms with Crippen molar-refractivity contribution < 1.29 is 5.11 Å². The second kappa shape index (κ2) is 6.73. The minimum atomic E-state index is -0.588. The van der Waals surface area contributed by atoms with Gasteiger partial charge in [0.15, 0.2) is 6.23 Å². The first kappa shape index (κ1) is 14.8. The van der Waals surface area contributed by atoms with Gasteiger partial charge in [0.1, 0.15) is 10.8 Å². The van der Waals surface area contributed by atoms with Crippen molar-refractivity contribution >= 4 is 33.8 Å². The van der Waals surface area contributed by atoms with Crippen LogP contribution in [0.1, 0.15) is 57.7 Å². The highest BCUT2D eigenvalue weighted by Gasteiger charge is 2.29. The fourth-order valence-corrected chi connectivity index (χ4v) is 3.38. The molecule has 0 saturated heterocycles. The van der Waals surface area contributed by atoms with Gasteiger partial charge < -0.3 is 10.0 Å². The van der Waals surface area contributed by atoms with Crippen molar-refractivity contribution in [2.75, 3.05) is 6.54 Å². The summed E-state index contributed by atoms with van der Waals surface area (Å²) in [6, 6.07) is 1.84. The van der Waals surface area contributed by atoms with Crippen LogP contribution in [0.2, 0.25) is 4.34 Å². The fourth-order valence-electron chi connectivity index (χ4n) is 2.24. The summed E-state index contributed by atoms with van der Waals surface area (Å²) in [5.41, 5.74) is 0.853. The third kappa shape index (κ3) is 3.30. The maximum atomic E-state index is 10.5. The van der Waals surface area contributed by atoms with Crippen LogP contribution in [-0.2, 0) is 0 Å². The van der Waals surface area contributed by atoms with Crippen molar-refractivity contribution in [3.8, 4) is 0 Å². The van der Waals surface area contributed by atoms with Crippen LogP contribution >= 0.6 is 22.9 Å². The molecule has 19 heavy (non-hydrogen) atoms. The molecule has 0 bridgehead atoms. The molecule has 1 aliphatic heterocycles. The normalized spacial score (nSPS) is 18.4. The van der Waals surface area contributed by atoms with Gasteiger partial charge in [-0.05, 0) is 18.9 Å². The molecule has 1 aromatic heterocycles. The van der Waals surface area contributed by atoms with E-state index >= 15 is 0 Å². The van der Waals surface area contributed by atoms with Gasteiger partial charge in [-0.2, -0.15) is 0 Å². The van der Waals surface area contributed by atoms with Crippen molar-refractivity contribution in [2.24, 2.45) is 4.99 Å². The molecule has 5 heteroatoms. The van der Waals surface area contributed by atoms with Gasteiger partial charge in [-0.1, -0.05) is 38.3 Å². The van der Waals surface area contributed by atoms with Crippen LogP contribution in [0.4, 0.5) is 5.00 Å². The summed E-state index contributed by atoms with van der Waals surface area (Å²) in [5, 5.41) is 11.4. The first-order valence-corrected chi connectivity index (χ1v) is 8.18. The number of amidine groups is 1. The van der Waals surface area contributed by atoms with Crippen LogP contribution in [0.15, 0.2) is 11.1 Å². The van der Waals surface area contributed by atoms with Gasteiger partial charge in [-0.25, -0.2) is 4.99 Å². The molecule has 0 saturated carbocycles. The third-order valence-corrected chi connectivity index (χ3v) is 4.53. The van der Waals surface area contributed by atoms with Crippen molar-refractivity contribution in [3.63, 3.8) is 0 Å². The number of aliphatic hydroxyl groups is 1. The van der Waals surface area contributed by atoms with Crippen molar-refractivity contribution in [1.29, 1.82) is 0 Å². The molecule has 2 rings (SSSR count). The zero-order chi connectivity index (χ0) is 13.8. The van der Waals surface area contributed by atoms with E-state index in [-0.39, 0.29) is 0 Å². The SMILES string of the molecule is CCCCC1=Nc2sc(Cl)cc2C(O)N1CCCC. The number of aliphatic hydroxyl groups excluding tert-OH is 1. The molecule has 106 valence electrons. The largest absolute Gasteiger partial charge is 0.369 e. The Hall–Kier alpha value is -0.580. The summed E-state index contributed by atoms with van der Waals surface area (Å²) >= 11 is 7.49. The Morgan fingerprint density at radius 2 is 2.11 bits per heavy atom. The fraction of sp³-hybridized carbons (Fsp3) is 0.643. The van der Waals surface area contributed by atoms with Crippen molar-refractivity contribution in [1.82, 2.24) is 4.90 Å². The Balaban J connectivity index is 2.25. The number of rotatable bonds is 6. The number of hydrogen-bond acceptors (Lipinski definition) is 4. The van der Waals surface area contributed by atoms with E-state index in [4.69, 9.17) is 16.6 Å². The van der Waals surface area contributed by atoms with Gasteiger partial charge in [-0.3, -0.25) is 0 Å². The highest BCUT2D eigenvalue weighted by Crippen LogP contribution is 2.42. The lowest BCUT2D eigenvalue weighted by atomic mass is 10.1. The van der Waals surface area contributed by atoms with Crippen molar-refractivity contribution in [3.05, 3.63) is 16.0 Å². The van der Waals surface area contributed by atoms with E-state index in [0.29, 0.717) is 4.34 Å². The van der Waals surface area contributed by atoms with Crippen LogP contribution in [0, 0.1) is 0 Å². The number of nitrogens with zero attached hydrogens (tertiary/aromatic N) is 2. The van der Waals surface area contributed by atoms with E-state index in [1.165, 1.54) is 11.3 Å². The number of fused-ring (bicyclic) bond motifs is 1. The number of thiophene rings is 1. The van der Waals surface area contributed by atoms with E-state index in [2.05, 4.69) is 13.8 Å². The third-order valence-electron chi connectivity index (χ3n) is 3.35. The molecule has 3 nitrogen and oxygen atoms in total. The van der Waals surface area contributed by atoms with E-state index in [1.807, 2.05) is 11.0 Å². The molecule has 0 radical (unpaired) electrons. The first-order chi connectivity index (χ1) is 9.17. The van der Waals surface area contributed by atoms with Gasteiger partial charge in [-0.15, -0.1) is 11.3 Å². The second-order valence-electron chi connectivity index (χ2n) is 4.86. The van der Waals surface area contributed by atoms with Crippen molar-refractivity contribution in [2.45, 2.75) is 52.2 Å². The molecule has 0 fully saturated rings. The molecule has 1 atom stereocenters. The predicted molar refractivity (Wildman–Crippen MR) is 82.5 cm³/mol. The zero-order valence-electron chi connectivity index (χ0n) is 11.5. The lowest BCUT2D eigenvalue weighted by molar-refractivity contribution is 0.0484. The minimum absolute atomic E-state index is 0.588. The van der Waals surface area contributed by atoms with Crippen LogP contribution in [0.5, 0.6) is 0 Å². The monoisotopic (exact) mass is 300 g/mol. The Labute approximate surface area is 123 Å². The molecular formula is C14H21ClN2OS. The summed E-state index contributed by atoms with van der Waals surface area (Å²) in [7, 11) is 0. The number of unbranched alkanes of at least 4 members (excludes halogenated alkanes) is 2. The topological polar surface area (TPSA) is 35.8 Å². The highest BCUT2D eigenvalue weighted by molar-refractivity contribution is 7.19. The molecule has 0 spiro atoms. The molecule has 1 aliphatic rings. The molecule has 0 aromatic carbocycles. The van der Waals surface area contributed by atoms with Gasteiger partial charge in [0, 0.05) is 18.5 Å². The summed E-state index contributed by atoms with van der Waals surface area (Å²) < 4.78 is 0.694. The van der Waals surface area contributed by atoms with Gasteiger partial charge in [0.05, 0.1) is 4.34 Å². The van der Waals surface area contributed by atoms with E-state index in [0.717, 1.165) is 55.0 Å². The number of halogens is 1. The summed E-state index contributed by atoms with van der Waals surface area (Å²) in [4.78, 5) is 6.74. The Kier molecular flexibility index (Phi) is 5.25. The van der Waals surface area contributed by atoms with Gasteiger partial charge >= 0.3 is 0 Å². The smallest absolute Gasteiger partial charge is 0.157 e. The molecule has 0 amide bonds. The average Bonchev–Trinajstić information content (AvgIpc) is 2.76.